The molecule has 0 aromatic carbocycles. The Hall–Kier alpha value is -0.200. The zero-order valence-electron chi connectivity index (χ0n) is 9.11. The molecule has 0 N–H and O–H groups in total. The first-order valence-corrected chi connectivity index (χ1v) is 4.52. The molecule has 1 heterocycles. The van der Waals surface area contributed by atoms with Gasteiger partial charge in [0.25, 0.3) is 0 Å². The second-order valence-corrected chi connectivity index (χ2v) is 3.17. The standard InChI is InChI=1S/C9H18O5/c1-10-6-7-5-8(11-2)9(12-3,13-4)14-7/h7-8H,5-6H2,1-4H3. The summed E-state index contributed by atoms with van der Waals surface area (Å²) in [4.78, 5) is 0. The van der Waals surface area contributed by atoms with Gasteiger partial charge in [-0.25, -0.2) is 0 Å². The average Bonchev–Trinajstić information content (AvgIpc) is 2.57. The van der Waals surface area contributed by atoms with Crippen LogP contribution < -0.4 is 0 Å². The van der Waals surface area contributed by atoms with E-state index in [9.17, 15) is 0 Å². The molecule has 84 valence electrons. The summed E-state index contributed by atoms with van der Waals surface area (Å²) in [6.07, 6.45) is 0.425. The number of hydrogen-bond acceptors (Lipinski definition) is 5. The minimum absolute atomic E-state index is 0.0511. The van der Waals surface area contributed by atoms with Crippen molar-refractivity contribution in [2.75, 3.05) is 35.0 Å². The summed E-state index contributed by atoms with van der Waals surface area (Å²) < 4.78 is 26.3. The van der Waals surface area contributed by atoms with E-state index < -0.39 is 5.97 Å². The van der Waals surface area contributed by atoms with Crippen LogP contribution in [0.2, 0.25) is 0 Å². The second kappa shape index (κ2) is 5.04. The number of methoxy groups -OCH3 is 4. The largest absolute Gasteiger partial charge is 0.382 e. The lowest BCUT2D eigenvalue weighted by atomic mass is 10.2. The molecule has 1 aliphatic rings. The molecule has 0 spiro atoms. The van der Waals surface area contributed by atoms with Gasteiger partial charge in [0.1, 0.15) is 6.10 Å². The van der Waals surface area contributed by atoms with Crippen LogP contribution in [-0.4, -0.2) is 53.2 Å². The molecular weight excluding hydrogens is 188 g/mol. The van der Waals surface area contributed by atoms with Crippen molar-refractivity contribution in [2.45, 2.75) is 24.6 Å². The normalized spacial score (nSPS) is 30.9. The third kappa shape index (κ3) is 2.07. The van der Waals surface area contributed by atoms with Gasteiger partial charge in [-0.15, -0.1) is 0 Å². The fourth-order valence-electron chi connectivity index (χ4n) is 1.71. The Morgan fingerprint density at radius 1 is 1.21 bits per heavy atom. The highest BCUT2D eigenvalue weighted by Crippen LogP contribution is 2.34. The zero-order valence-corrected chi connectivity index (χ0v) is 9.11. The fourth-order valence-corrected chi connectivity index (χ4v) is 1.71. The first kappa shape index (κ1) is 11.9. The summed E-state index contributed by atoms with van der Waals surface area (Å²) in [6.45, 7) is 0.508. The van der Waals surface area contributed by atoms with Gasteiger partial charge in [0.15, 0.2) is 0 Å². The predicted octanol–water partition coefficient (Wildman–Crippen LogP) is 0.383. The maximum absolute atomic E-state index is 5.60. The highest BCUT2D eigenvalue weighted by atomic mass is 16.9. The Morgan fingerprint density at radius 2 is 1.86 bits per heavy atom. The monoisotopic (exact) mass is 206 g/mol. The second-order valence-electron chi connectivity index (χ2n) is 3.17. The van der Waals surface area contributed by atoms with E-state index in [0.29, 0.717) is 13.0 Å². The van der Waals surface area contributed by atoms with Crippen LogP contribution in [0.3, 0.4) is 0 Å². The van der Waals surface area contributed by atoms with Crippen molar-refractivity contribution in [2.24, 2.45) is 0 Å². The van der Waals surface area contributed by atoms with Crippen molar-refractivity contribution in [3.63, 3.8) is 0 Å². The maximum Gasteiger partial charge on any atom is 0.310 e. The average molecular weight is 206 g/mol. The molecule has 0 saturated carbocycles. The molecule has 5 heteroatoms. The van der Waals surface area contributed by atoms with Gasteiger partial charge in [-0.2, -0.15) is 0 Å². The van der Waals surface area contributed by atoms with Crippen LogP contribution in [0.1, 0.15) is 6.42 Å². The van der Waals surface area contributed by atoms with E-state index in [1.165, 1.54) is 14.2 Å². The molecule has 1 aliphatic heterocycles. The fraction of sp³-hybridized carbons (Fsp3) is 1.00. The van der Waals surface area contributed by atoms with Crippen LogP contribution in [-0.2, 0) is 23.7 Å². The van der Waals surface area contributed by atoms with Crippen LogP contribution in [0.4, 0.5) is 0 Å². The Bertz CT molecular complexity index is 169. The highest BCUT2D eigenvalue weighted by Gasteiger charge is 2.50. The Balaban J connectivity index is 2.65. The first-order valence-electron chi connectivity index (χ1n) is 4.52. The maximum atomic E-state index is 5.60. The third-order valence-corrected chi connectivity index (χ3v) is 2.41. The molecule has 0 aliphatic carbocycles. The molecule has 1 fully saturated rings. The lowest BCUT2D eigenvalue weighted by Crippen LogP contribution is -2.44. The highest BCUT2D eigenvalue weighted by molar-refractivity contribution is 4.84. The van der Waals surface area contributed by atoms with Crippen molar-refractivity contribution < 1.29 is 23.7 Å². The quantitative estimate of drug-likeness (QED) is 0.609. The van der Waals surface area contributed by atoms with E-state index in [0.717, 1.165) is 0 Å². The van der Waals surface area contributed by atoms with E-state index in [2.05, 4.69) is 0 Å². The summed E-state index contributed by atoms with van der Waals surface area (Å²) in [5, 5.41) is 0. The van der Waals surface area contributed by atoms with Crippen molar-refractivity contribution in [3.05, 3.63) is 0 Å². The molecule has 0 aromatic heterocycles. The Labute approximate surface area is 84.2 Å². The summed E-state index contributed by atoms with van der Waals surface area (Å²) >= 11 is 0. The first-order chi connectivity index (χ1) is 6.72. The summed E-state index contributed by atoms with van der Waals surface area (Å²) in [6, 6.07) is 0. The van der Waals surface area contributed by atoms with Gasteiger partial charge in [-0.1, -0.05) is 0 Å². The van der Waals surface area contributed by atoms with E-state index in [1.807, 2.05) is 0 Å². The predicted molar refractivity (Wildman–Crippen MR) is 48.9 cm³/mol. The minimum Gasteiger partial charge on any atom is -0.382 e. The smallest absolute Gasteiger partial charge is 0.310 e. The lowest BCUT2D eigenvalue weighted by Gasteiger charge is -2.29. The molecule has 2 atom stereocenters. The number of rotatable bonds is 5. The lowest BCUT2D eigenvalue weighted by molar-refractivity contribution is -0.380. The van der Waals surface area contributed by atoms with Crippen LogP contribution in [0, 0.1) is 0 Å². The molecule has 14 heavy (non-hydrogen) atoms. The Morgan fingerprint density at radius 3 is 2.21 bits per heavy atom. The summed E-state index contributed by atoms with van der Waals surface area (Å²) in [7, 11) is 6.30. The third-order valence-electron chi connectivity index (χ3n) is 2.41. The topological polar surface area (TPSA) is 46.2 Å². The number of hydrogen-bond donors (Lipinski definition) is 0. The van der Waals surface area contributed by atoms with Crippen molar-refractivity contribution >= 4 is 0 Å². The molecule has 0 amide bonds. The van der Waals surface area contributed by atoms with Gasteiger partial charge in [-0.3, -0.25) is 0 Å². The molecule has 1 saturated heterocycles. The van der Waals surface area contributed by atoms with Gasteiger partial charge in [0.05, 0.1) is 12.7 Å². The molecular formula is C9H18O5. The minimum atomic E-state index is -1.09. The molecule has 0 bridgehead atoms. The van der Waals surface area contributed by atoms with E-state index in [4.69, 9.17) is 23.7 Å². The van der Waals surface area contributed by atoms with Crippen LogP contribution in [0.15, 0.2) is 0 Å². The van der Waals surface area contributed by atoms with E-state index >= 15 is 0 Å². The van der Waals surface area contributed by atoms with Crippen LogP contribution in [0.5, 0.6) is 0 Å². The van der Waals surface area contributed by atoms with Crippen molar-refractivity contribution in [1.82, 2.24) is 0 Å². The van der Waals surface area contributed by atoms with Gasteiger partial charge >= 0.3 is 5.97 Å². The van der Waals surface area contributed by atoms with Crippen molar-refractivity contribution in [3.8, 4) is 0 Å². The van der Waals surface area contributed by atoms with E-state index in [1.54, 1.807) is 14.2 Å². The van der Waals surface area contributed by atoms with Crippen LogP contribution in [0.25, 0.3) is 0 Å². The van der Waals surface area contributed by atoms with Gasteiger partial charge in [0, 0.05) is 34.9 Å². The summed E-state index contributed by atoms with van der Waals surface area (Å²) in [5.74, 6) is -1.09. The number of ether oxygens (including phenoxy) is 5. The molecule has 5 nitrogen and oxygen atoms in total. The van der Waals surface area contributed by atoms with E-state index in [-0.39, 0.29) is 12.2 Å². The molecule has 2 unspecified atom stereocenters. The molecule has 0 aromatic rings. The molecule has 0 radical (unpaired) electrons. The van der Waals surface area contributed by atoms with Gasteiger partial charge in [0.2, 0.25) is 0 Å². The Kier molecular flexibility index (Phi) is 4.28. The SMILES string of the molecule is COCC1CC(OC)C(OC)(OC)O1. The zero-order chi connectivity index (χ0) is 10.6. The summed E-state index contributed by atoms with van der Waals surface area (Å²) in [5.41, 5.74) is 0. The molecule has 1 rings (SSSR count). The van der Waals surface area contributed by atoms with Gasteiger partial charge in [-0.05, 0) is 0 Å². The van der Waals surface area contributed by atoms with Crippen LogP contribution >= 0.6 is 0 Å². The van der Waals surface area contributed by atoms with Crippen molar-refractivity contribution in [1.29, 1.82) is 0 Å². The van der Waals surface area contributed by atoms with Gasteiger partial charge < -0.3 is 23.7 Å².